The maximum absolute atomic E-state index is 11.3. The van der Waals surface area contributed by atoms with E-state index in [0.29, 0.717) is 24.0 Å². The maximum Gasteiger partial charge on any atom is 0.119 e. The number of hydrogen-bond acceptors (Lipinski definition) is 2. The standard InChI is InChI=1S/C20H30O2/c1-13(2)16-10-14-6-7-18-19(3,4)8-5-9-20(18,22)12-15(14)11-17(16)21/h10-11,13,18,21-22H,5-9,12H2,1-4H3. The van der Waals surface area contributed by atoms with Crippen molar-refractivity contribution in [2.75, 3.05) is 0 Å². The molecular weight excluding hydrogens is 272 g/mol. The van der Waals surface area contributed by atoms with Crippen LogP contribution in [0, 0.1) is 11.3 Å². The molecule has 2 atom stereocenters. The van der Waals surface area contributed by atoms with Gasteiger partial charge in [0.15, 0.2) is 0 Å². The third-order valence-electron chi connectivity index (χ3n) is 6.19. The summed E-state index contributed by atoms with van der Waals surface area (Å²) < 4.78 is 0. The Morgan fingerprint density at radius 1 is 1.14 bits per heavy atom. The van der Waals surface area contributed by atoms with Crippen LogP contribution < -0.4 is 0 Å². The van der Waals surface area contributed by atoms with Gasteiger partial charge in [0, 0.05) is 6.42 Å². The van der Waals surface area contributed by atoms with Gasteiger partial charge in [-0.2, -0.15) is 0 Å². The van der Waals surface area contributed by atoms with E-state index < -0.39 is 5.60 Å². The monoisotopic (exact) mass is 302 g/mol. The molecule has 0 aromatic heterocycles. The highest BCUT2D eigenvalue weighted by Gasteiger charge is 2.49. The van der Waals surface area contributed by atoms with Crippen LogP contribution in [0.5, 0.6) is 5.75 Å². The maximum atomic E-state index is 11.3. The highest BCUT2D eigenvalue weighted by atomic mass is 16.3. The summed E-state index contributed by atoms with van der Waals surface area (Å²) in [5.74, 6) is 1.08. The first-order chi connectivity index (χ1) is 10.2. The number of hydrogen-bond donors (Lipinski definition) is 2. The Balaban J connectivity index is 2.02. The van der Waals surface area contributed by atoms with Crippen molar-refractivity contribution in [3.63, 3.8) is 0 Å². The van der Waals surface area contributed by atoms with Gasteiger partial charge in [-0.3, -0.25) is 0 Å². The molecule has 122 valence electrons. The molecule has 2 unspecified atom stereocenters. The Labute approximate surface area is 134 Å². The van der Waals surface area contributed by atoms with E-state index in [9.17, 15) is 10.2 Å². The van der Waals surface area contributed by atoms with Crippen LogP contribution in [0.1, 0.15) is 76.0 Å². The van der Waals surface area contributed by atoms with E-state index >= 15 is 0 Å². The summed E-state index contributed by atoms with van der Waals surface area (Å²) in [7, 11) is 0. The molecule has 0 radical (unpaired) electrons. The zero-order chi connectivity index (χ0) is 16.1. The van der Waals surface area contributed by atoms with Crippen molar-refractivity contribution in [3.8, 4) is 5.75 Å². The van der Waals surface area contributed by atoms with E-state index in [1.165, 1.54) is 12.0 Å². The molecule has 2 aliphatic rings. The van der Waals surface area contributed by atoms with Gasteiger partial charge in [-0.25, -0.2) is 0 Å². The Kier molecular flexibility index (Phi) is 3.79. The lowest BCUT2D eigenvalue weighted by molar-refractivity contribution is -0.102. The first-order valence-electron chi connectivity index (χ1n) is 8.80. The van der Waals surface area contributed by atoms with Gasteiger partial charge < -0.3 is 10.2 Å². The molecule has 2 aliphatic carbocycles. The first kappa shape index (κ1) is 15.9. The Morgan fingerprint density at radius 3 is 2.55 bits per heavy atom. The fourth-order valence-corrected chi connectivity index (χ4v) is 4.98. The molecule has 0 amide bonds. The van der Waals surface area contributed by atoms with Crippen LogP contribution in [-0.2, 0) is 12.8 Å². The number of fused-ring (bicyclic) bond motifs is 2. The normalized spacial score (nSPS) is 30.5. The van der Waals surface area contributed by atoms with E-state index in [1.54, 1.807) is 0 Å². The topological polar surface area (TPSA) is 40.5 Å². The highest BCUT2D eigenvalue weighted by Crippen LogP contribution is 2.51. The number of phenolic OH excluding ortho intramolecular Hbond substituents is 1. The first-order valence-corrected chi connectivity index (χ1v) is 8.80. The van der Waals surface area contributed by atoms with Crippen LogP contribution in [0.2, 0.25) is 0 Å². The molecule has 22 heavy (non-hydrogen) atoms. The van der Waals surface area contributed by atoms with Gasteiger partial charge in [0.05, 0.1) is 5.60 Å². The lowest BCUT2D eigenvalue weighted by Gasteiger charge is -2.49. The third-order valence-corrected chi connectivity index (χ3v) is 6.19. The Hall–Kier alpha value is -1.02. The molecule has 0 spiro atoms. The van der Waals surface area contributed by atoms with E-state index in [4.69, 9.17) is 0 Å². The lowest BCUT2D eigenvalue weighted by atomic mass is 9.59. The second-order valence-electron chi connectivity index (χ2n) is 8.55. The summed E-state index contributed by atoms with van der Waals surface area (Å²) in [6.07, 6.45) is 5.98. The minimum absolute atomic E-state index is 0.206. The summed E-state index contributed by atoms with van der Waals surface area (Å²) in [4.78, 5) is 0. The van der Waals surface area contributed by atoms with E-state index in [2.05, 4.69) is 33.8 Å². The van der Waals surface area contributed by atoms with Crippen molar-refractivity contribution in [2.24, 2.45) is 11.3 Å². The molecule has 1 aromatic carbocycles. The van der Waals surface area contributed by atoms with Gasteiger partial charge in [0.2, 0.25) is 0 Å². The van der Waals surface area contributed by atoms with E-state index in [0.717, 1.165) is 36.8 Å². The van der Waals surface area contributed by atoms with Gasteiger partial charge in [-0.15, -0.1) is 0 Å². The fourth-order valence-electron chi connectivity index (χ4n) is 4.98. The zero-order valence-corrected chi connectivity index (χ0v) is 14.4. The van der Waals surface area contributed by atoms with Gasteiger partial charge in [-0.05, 0) is 65.7 Å². The molecule has 0 heterocycles. The fraction of sp³-hybridized carbons (Fsp3) is 0.700. The predicted octanol–water partition coefficient (Wildman–Crippen LogP) is 4.56. The molecule has 1 saturated carbocycles. The average Bonchev–Trinajstić information content (AvgIpc) is 2.53. The van der Waals surface area contributed by atoms with Crippen LogP contribution in [0.25, 0.3) is 0 Å². The van der Waals surface area contributed by atoms with Crippen molar-refractivity contribution in [1.82, 2.24) is 0 Å². The molecule has 0 aliphatic heterocycles. The quantitative estimate of drug-likeness (QED) is 0.798. The van der Waals surface area contributed by atoms with Crippen LogP contribution in [0.4, 0.5) is 0 Å². The molecule has 0 bridgehead atoms. The summed E-state index contributed by atoms with van der Waals surface area (Å²) in [6.45, 7) is 8.87. The predicted molar refractivity (Wildman–Crippen MR) is 90.3 cm³/mol. The number of aromatic hydroxyl groups is 1. The van der Waals surface area contributed by atoms with Gasteiger partial charge in [0.1, 0.15) is 5.75 Å². The molecule has 1 fully saturated rings. The molecule has 0 saturated heterocycles. The summed E-state index contributed by atoms with van der Waals surface area (Å²) in [6, 6.07) is 4.11. The molecule has 2 N–H and O–H groups in total. The number of rotatable bonds is 1. The van der Waals surface area contributed by atoms with Crippen LogP contribution in [-0.4, -0.2) is 15.8 Å². The Morgan fingerprint density at radius 2 is 1.86 bits per heavy atom. The van der Waals surface area contributed by atoms with Crippen LogP contribution in [0.3, 0.4) is 0 Å². The van der Waals surface area contributed by atoms with Crippen LogP contribution >= 0.6 is 0 Å². The molecule has 2 nitrogen and oxygen atoms in total. The van der Waals surface area contributed by atoms with Crippen molar-refractivity contribution < 1.29 is 10.2 Å². The van der Waals surface area contributed by atoms with Gasteiger partial charge in [0.25, 0.3) is 0 Å². The molecule has 3 rings (SSSR count). The second kappa shape index (κ2) is 5.26. The lowest BCUT2D eigenvalue weighted by Crippen LogP contribution is -2.49. The average molecular weight is 302 g/mol. The smallest absolute Gasteiger partial charge is 0.119 e. The summed E-state index contributed by atoms with van der Waals surface area (Å²) >= 11 is 0. The van der Waals surface area contributed by atoms with Crippen molar-refractivity contribution in [2.45, 2.75) is 77.7 Å². The Bertz CT molecular complexity index is 573. The van der Waals surface area contributed by atoms with E-state index in [-0.39, 0.29) is 5.41 Å². The van der Waals surface area contributed by atoms with Crippen molar-refractivity contribution in [3.05, 3.63) is 28.8 Å². The van der Waals surface area contributed by atoms with E-state index in [1.807, 2.05) is 6.07 Å². The SMILES string of the molecule is CC(C)c1cc2c(cc1O)CC1(O)CCCC(C)(C)C1CC2. The zero-order valence-electron chi connectivity index (χ0n) is 14.4. The number of aliphatic hydroxyl groups is 1. The van der Waals surface area contributed by atoms with Crippen LogP contribution in [0.15, 0.2) is 12.1 Å². The summed E-state index contributed by atoms with van der Waals surface area (Å²) in [5.41, 5.74) is 3.14. The number of benzene rings is 1. The minimum atomic E-state index is -0.598. The number of phenols is 1. The molecule has 1 aromatic rings. The summed E-state index contributed by atoms with van der Waals surface area (Å²) in [5, 5.41) is 21.7. The van der Waals surface area contributed by atoms with Gasteiger partial charge >= 0.3 is 0 Å². The van der Waals surface area contributed by atoms with Crippen molar-refractivity contribution in [1.29, 1.82) is 0 Å². The molecular formula is C20H30O2. The highest BCUT2D eigenvalue weighted by molar-refractivity contribution is 5.45. The second-order valence-corrected chi connectivity index (χ2v) is 8.55. The van der Waals surface area contributed by atoms with Crippen molar-refractivity contribution >= 4 is 0 Å². The van der Waals surface area contributed by atoms with Gasteiger partial charge in [-0.1, -0.05) is 40.2 Å². The minimum Gasteiger partial charge on any atom is -0.508 e. The number of aryl methyl sites for hydroxylation is 1. The third kappa shape index (κ3) is 2.56. The molecule has 2 heteroatoms. The largest absolute Gasteiger partial charge is 0.508 e.